The third-order valence-electron chi connectivity index (χ3n) is 3.35. The molecule has 0 aliphatic carbocycles. The van der Waals surface area contributed by atoms with Crippen molar-refractivity contribution in [1.29, 1.82) is 5.26 Å². The van der Waals surface area contributed by atoms with Crippen molar-refractivity contribution in [2.75, 3.05) is 12.3 Å². The maximum atomic E-state index is 12.3. The summed E-state index contributed by atoms with van der Waals surface area (Å²) in [6.45, 7) is 2.19. The van der Waals surface area contributed by atoms with Gasteiger partial charge in [0, 0.05) is 0 Å². The second kappa shape index (κ2) is 8.21. The van der Waals surface area contributed by atoms with Crippen molar-refractivity contribution in [3.63, 3.8) is 0 Å². The standard InChI is InChI=1S/C16H17AsN4O4S/c1-2-25-16-12(8-18)13(19)7-14(21-16)15(22)20-9-10-3-5-11(6-4-10)26(17,23)24/h3-7H,2,9,17H2,1H3,(H2,19,21)(H,20,22). The SMILES string of the molecule is CCOc1nc(C(=O)NCc2ccc(S(=O)(=O)[AsH2])cc2)cc(N)c1C#N. The molecule has 0 saturated carbocycles. The molecule has 0 fully saturated rings. The van der Waals surface area contributed by atoms with E-state index in [0.717, 1.165) is 5.56 Å². The molecule has 3 N–H and O–H groups in total. The van der Waals surface area contributed by atoms with E-state index < -0.39 is 14.0 Å². The molecule has 1 aromatic heterocycles. The van der Waals surface area contributed by atoms with Crippen LogP contribution in [0.2, 0.25) is 0 Å². The second-order valence-electron chi connectivity index (χ2n) is 5.19. The number of pyridine rings is 1. The van der Waals surface area contributed by atoms with E-state index >= 15 is 0 Å². The topological polar surface area (TPSA) is 135 Å². The first-order valence-electron chi connectivity index (χ1n) is 7.49. The van der Waals surface area contributed by atoms with Crippen LogP contribution in [0.3, 0.4) is 0 Å². The first-order valence-corrected chi connectivity index (χ1v) is 12.0. The van der Waals surface area contributed by atoms with E-state index in [1.165, 1.54) is 18.2 Å². The number of carbonyl (C=O) groups is 1. The zero-order valence-electron chi connectivity index (χ0n) is 13.9. The normalized spacial score (nSPS) is 10.8. The van der Waals surface area contributed by atoms with Crippen LogP contribution in [0.4, 0.5) is 5.69 Å². The average Bonchev–Trinajstić information content (AvgIpc) is 2.59. The minimum absolute atomic E-state index is 0.0135. The number of hydrogen-bond acceptors (Lipinski definition) is 7. The summed E-state index contributed by atoms with van der Waals surface area (Å²) in [5.74, 6) is -0.475. The fraction of sp³-hybridized carbons (Fsp3) is 0.188. The van der Waals surface area contributed by atoms with Crippen LogP contribution in [0.5, 0.6) is 5.88 Å². The van der Waals surface area contributed by atoms with Crippen LogP contribution in [-0.4, -0.2) is 41.6 Å². The third kappa shape index (κ3) is 4.75. The van der Waals surface area contributed by atoms with Gasteiger partial charge in [0.25, 0.3) is 0 Å². The van der Waals surface area contributed by atoms with Gasteiger partial charge in [0.2, 0.25) is 0 Å². The summed E-state index contributed by atoms with van der Waals surface area (Å²) in [4.78, 5) is 16.6. The number of carbonyl (C=O) groups excluding carboxylic acids is 1. The number of rotatable bonds is 6. The molecule has 1 amide bonds. The van der Waals surface area contributed by atoms with Gasteiger partial charge in [-0.25, -0.2) is 0 Å². The minimum atomic E-state index is -3.20. The number of hydrogen-bond donors (Lipinski definition) is 2. The first kappa shape index (κ1) is 19.8. The number of nitrogens with zero attached hydrogens (tertiary/aromatic N) is 2. The van der Waals surface area contributed by atoms with E-state index in [4.69, 9.17) is 15.7 Å². The number of benzene rings is 1. The van der Waals surface area contributed by atoms with E-state index in [9.17, 15) is 13.2 Å². The molecular weight excluding hydrogens is 419 g/mol. The number of ether oxygens (including phenoxy) is 1. The van der Waals surface area contributed by atoms with Gasteiger partial charge in [0.15, 0.2) is 0 Å². The predicted octanol–water partition coefficient (Wildman–Crippen LogP) is 0.186. The van der Waals surface area contributed by atoms with Crippen LogP contribution in [0.1, 0.15) is 28.5 Å². The Bertz CT molecular complexity index is 969. The fourth-order valence-corrected chi connectivity index (χ4v) is 3.58. The van der Waals surface area contributed by atoms with Crippen molar-refractivity contribution in [1.82, 2.24) is 10.3 Å². The summed E-state index contributed by atoms with van der Waals surface area (Å²) in [5.41, 5.74) is 6.73. The van der Waals surface area contributed by atoms with Crippen LogP contribution < -0.4 is 15.8 Å². The Hall–Kier alpha value is -2.56. The van der Waals surface area contributed by atoms with E-state index in [1.54, 1.807) is 19.1 Å². The first-order chi connectivity index (χ1) is 12.3. The van der Waals surface area contributed by atoms with E-state index in [0.29, 0.717) is 15.7 Å². The van der Waals surface area contributed by atoms with Crippen molar-refractivity contribution in [3.8, 4) is 11.9 Å². The molecule has 1 unspecified atom stereocenters. The second-order valence-corrected chi connectivity index (χ2v) is 10.7. The molecular formula is C16H17AsN4O4S. The number of nitrogen functional groups attached to an aromatic ring is 1. The monoisotopic (exact) mass is 436 g/mol. The molecule has 0 aliphatic heterocycles. The zero-order chi connectivity index (χ0) is 19.3. The molecule has 0 radical (unpaired) electrons. The van der Waals surface area contributed by atoms with E-state index in [2.05, 4.69) is 10.3 Å². The molecule has 136 valence electrons. The summed E-state index contributed by atoms with van der Waals surface area (Å²) < 4.78 is 28.2. The van der Waals surface area contributed by atoms with Gasteiger partial charge in [-0.05, 0) is 6.92 Å². The van der Waals surface area contributed by atoms with Crippen molar-refractivity contribution in [2.45, 2.75) is 18.4 Å². The molecule has 0 bridgehead atoms. The number of anilines is 1. The molecule has 2 rings (SSSR count). The van der Waals surface area contributed by atoms with Gasteiger partial charge in [-0.15, -0.1) is 0 Å². The number of nitriles is 1. The molecule has 0 spiro atoms. The van der Waals surface area contributed by atoms with Crippen molar-refractivity contribution < 1.29 is 17.9 Å². The Morgan fingerprint density at radius 2 is 2.04 bits per heavy atom. The summed E-state index contributed by atoms with van der Waals surface area (Å²) in [7, 11) is -3.20. The number of nitrogens with one attached hydrogen (secondary N) is 1. The Kier molecular flexibility index (Phi) is 6.24. The van der Waals surface area contributed by atoms with Gasteiger partial charge in [-0.1, -0.05) is 0 Å². The number of amides is 1. The number of aromatic nitrogens is 1. The summed E-state index contributed by atoms with van der Waals surface area (Å²) in [6, 6.07) is 9.44. The Morgan fingerprint density at radius 1 is 1.38 bits per heavy atom. The Morgan fingerprint density at radius 3 is 2.58 bits per heavy atom. The van der Waals surface area contributed by atoms with Gasteiger partial charge in [0.05, 0.1) is 6.61 Å². The predicted molar refractivity (Wildman–Crippen MR) is 97.9 cm³/mol. The quantitative estimate of drug-likeness (QED) is 0.617. The van der Waals surface area contributed by atoms with E-state index in [1.807, 2.05) is 6.07 Å². The third-order valence-corrected chi connectivity index (χ3v) is 5.99. The van der Waals surface area contributed by atoms with Crippen molar-refractivity contribution in [3.05, 3.63) is 47.2 Å². The fourth-order valence-electron chi connectivity index (χ4n) is 2.08. The van der Waals surface area contributed by atoms with Gasteiger partial charge >= 0.3 is 134 Å². The molecule has 2 aromatic rings. The summed E-state index contributed by atoms with van der Waals surface area (Å²) in [5, 5.41) is 11.8. The van der Waals surface area contributed by atoms with Crippen molar-refractivity contribution >= 4 is 35.4 Å². The smallest absolute Gasteiger partial charge is 0.192 e. The maximum absolute atomic E-state index is 12.3. The average molecular weight is 436 g/mol. The molecule has 1 heterocycles. The minimum Gasteiger partial charge on any atom is -0.192 e. The molecule has 0 saturated heterocycles. The van der Waals surface area contributed by atoms with Crippen LogP contribution in [0.15, 0.2) is 35.2 Å². The Balaban J connectivity index is 2.14. The van der Waals surface area contributed by atoms with E-state index in [-0.39, 0.29) is 40.9 Å². The number of nitrogens with two attached hydrogens (primary N) is 1. The van der Waals surface area contributed by atoms with Crippen LogP contribution in [0.25, 0.3) is 0 Å². The summed E-state index contributed by atoms with van der Waals surface area (Å²) >= 11 is 0.638. The van der Waals surface area contributed by atoms with Gasteiger partial charge in [-0.2, -0.15) is 5.26 Å². The molecule has 0 aliphatic rings. The van der Waals surface area contributed by atoms with Crippen LogP contribution >= 0.6 is 0 Å². The van der Waals surface area contributed by atoms with Gasteiger partial charge in [0.1, 0.15) is 6.07 Å². The van der Waals surface area contributed by atoms with Gasteiger partial charge < -0.3 is 0 Å². The zero-order valence-corrected chi connectivity index (χ0v) is 17.1. The molecule has 10 heteroatoms. The summed E-state index contributed by atoms with van der Waals surface area (Å²) in [6.07, 6.45) is 0. The Labute approximate surface area is 158 Å². The molecule has 1 atom stereocenters. The van der Waals surface area contributed by atoms with Crippen molar-refractivity contribution in [2.24, 2.45) is 0 Å². The van der Waals surface area contributed by atoms with Crippen LogP contribution in [0, 0.1) is 11.3 Å². The van der Waals surface area contributed by atoms with Crippen LogP contribution in [-0.2, 0) is 14.6 Å². The molecule has 26 heavy (non-hydrogen) atoms. The molecule has 8 nitrogen and oxygen atoms in total. The molecule has 1 aromatic carbocycles. The van der Waals surface area contributed by atoms with Gasteiger partial charge in [-0.3, -0.25) is 0 Å².